The monoisotopic (exact) mass is 445 g/mol. The summed E-state index contributed by atoms with van der Waals surface area (Å²) in [7, 11) is 1.29. The molecule has 1 N–H and O–H groups in total. The van der Waals surface area contributed by atoms with Gasteiger partial charge in [-0.1, -0.05) is 49.8 Å². The van der Waals surface area contributed by atoms with Gasteiger partial charge in [0.25, 0.3) is 5.56 Å². The maximum Gasteiger partial charge on any atom is 0.331 e. The number of H-pyrrole nitrogens is 1. The first kappa shape index (κ1) is 22.3. The van der Waals surface area contributed by atoms with Crippen molar-refractivity contribution in [3.63, 3.8) is 0 Å². The highest BCUT2D eigenvalue weighted by Crippen LogP contribution is 2.20. The Bertz CT molecular complexity index is 1460. The molecule has 4 rings (SSSR count). The van der Waals surface area contributed by atoms with E-state index in [0.29, 0.717) is 17.4 Å². The third-order valence-electron chi connectivity index (χ3n) is 5.78. The molecule has 33 heavy (non-hydrogen) atoms. The zero-order chi connectivity index (χ0) is 23.4. The number of para-hydroxylation sites is 1. The Hall–Kier alpha value is -3.87. The molecular weight excluding hydrogens is 418 g/mol. The summed E-state index contributed by atoms with van der Waals surface area (Å²) in [5.74, 6) is -0.471. The molecule has 0 amide bonds. The number of hydrogen-bond acceptors (Lipinski definition) is 4. The number of fused-ring (bicyclic) bond motifs is 2. The molecule has 7 nitrogen and oxygen atoms in total. The van der Waals surface area contributed by atoms with Gasteiger partial charge in [-0.25, -0.2) is 4.79 Å². The Morgan fingerprint density at radius 2 is 1.91 bits per heavy atom. The predicted molar refractivity (Wildman–Crippen MR) is 130 cm³/mol. The number of unbranched alkanes of at least 4 members (excludes halogenated alkanes) is 1. The zero-order valence-electron chi connectivity index (χ0n) is 18.8. The summed E-state index contributed by atoms with van der Waals surface area (Å²) < 4.78 is 7.43. The normalized spacial score (nSPS) is 11.6. The number of ether oxygens (including phenoxy) is 1. The maximum atomic E-state index is 13.4. The van der Waals surface area contributed by atoms with Crippen LogP contribution < -0.4 is 11.2 Å². The van der Waals surface area contributed by atoms with Gasteiger partial charge in [-0.2, -0.15) is 0 Å². The molecule has 0 saturated heterocycles. The third kappa shape index (κ3) is 4.53. The molecule has 0 bridgehead atoms. The SMILES string of the molecule is CCCC=Cc1ccc2c(c1)c(=O)n(CCC(=O)OC)c(=O)n2Cc1c[nH]c2ccccc12. The van der Waals surface area contributed by atoms with E-state index in [-0.39, 0.29) is 13.0 Å². The number of carbonyl (C=O) groups is 1. The van der Waals surface area contributed by atoms with Crippen molar-refractivity contribution in [1.29, 1.82) is 0 Å². The number of methoxy groups -OCH3 is 1. The number of nitrogens with zero attached hydrogens (tertiary/aromatic N) is 2. The molecule has 170 valence electrons. The Labute approximate surface area is 190 Å². The summed E-state index contributed by atoms with van der Waals surface area (Å²) in [6.07, 6.45) is 7.86. The van der Waals surface area contributed by atoms with Crippen LogP contribution in [0.15, 0.2) is 64.3 Å². The van der Waals surface area contributed by atoms with Crippen LogP contribution in [0.5, 0.6) is 0 Å². The number of allylic oxidation sites excluding steroid dienone is 1. The van der Waals surface area contributed by atoms with Crippen LogP contribution in [0.4, 0.5) is 0 Å². The van der Waals surface area contributed by atoms with E-state index in [4.69, 9.17) is 4.74 Å². The summed E-state index contributed by atoms with van der Waals surface area (Å²) in [6.45, 7) is 2.36. The number of rotatable bonds is 8. The number of nitrogens with one attached hydrogen (secondary N) is 1. The maximum absolute atomic E-state index is 13.4. The van der Waals surface area contributed by atoms with Crippen molar-refractivity contribution in [2.75, 3.05) is 7.11 Å². The first-order valence-electron chi connectivity index (χ1n) is 11.1. The average Bonchev–Trinajstić information content (AvgIpc) is 3.24. The van der Waals surface area contributed by atoms with Crippen LogP contribution in [0, 0.1) is 0 Å². The van der Waals surface area contributed by atoms with E-state index in [1.165, 1.54) is 7.11 Å². The lowest BCUT2D eigenvalue weighted by molar-refractivity contribution is -0.140. The van der Waals surface area contributed by atoms with E-state index in [9.17, 15) is 14.4 Å². The van der Waals surface area contributed by atoms with Gasteiger partial charge in [-0.05, 0) is 35.7 Å². The van der Waals surface area contributed by atoms with Crippen molar-refractivity contribution in [2.45, 2.75) is 39.3 Å². The van der Waals surface area contributed by atoms with Crippen molar-refractivity contribution in [1.82, 2.24) is 14.1 Å². The molecule has 0 saturated carbocycles. The minimum atomic E-state index is -0.471. The van der Waals surface area contributed by atoms with Crippen LogP contribution in [0.3, 0.4) is 0 Å². The first-order chi connectivity index (χ1) is 16.0. The molecule has 7 heteroatoms. The number of esters is 1. The average molecular weight is 446 g/mol. The molecular formula is C26H27N3O4. The third-order valence-corrected chi connectivity index (χ3v) is 5.78. The highest BCUT2D eigenvalue weighted by atomic mass is 16.5. The number of aromatic amines is 1. The molecule has 0 aliphatic heterocycles. The van der Waals surface area contributed by atoms with E-state index in [2.05, 4.69) is 18.0 Å². The summed E-state index contributed by atoms with van der Waals surface area (Å²) in [5, 5.41) is 1.46. The molecule has 0 aliphatic carbocycles. The quantitative estimate of drug-likeness (QED) is 0.414. The van der Waals surface area contributed by atoms with Gasteiger partial charge in [0.2, 0.25) is 0 Å². The summed E-state index contributed by atoms with van der Waals surface area (Å²) in [5.41, 5.74) is 2.53. The largest absolute Gasteiger partial charge is 0.469 e. The molecule has 0 aliphatic rings. The van der Waals surface area contributed by atoms with Crippen LogP contribution in [0.2, 0.25) is 0 Å². The van der Waals surface area contributed by atoms with E-state index < -0.39 is 17.2 Å². The second-order valence-electron chi connectivity index (χ2n) is 7.98. The molecule has 2 aromatic heterocycles. The molecule has 2 heterocycles. The van der Waals surface area contributed by atoms with E-state index in [1.807, 2.05) is 54.7 Å². The smallest absolute Gasteiger partial charge is 0.331 e. The van der Waals surface area contributed by atoms with Crippen molar-refractivity contribution in [3.05, 3.63) is 86.7 Å². The fourth-order valence-corrected chi connectivity index (χ4v) is 4.02. The highest BCUT2D eigenvalue weighted by Gasteiger charge is 2.16. The summed E-state index contributed by atoms with van der Waals surface area (Å²) in [4.78, 5) is 41.6. The summed E-state index contributed by atoms with van der Waals surface area (Å²) in [6, 6.07) is 13.4. The van der Waals surface area contributed by atoms with Crippen LogP contribution in [0.25, 0.3) is 27.9 Å². The number of carbonyl (C=O) groups excluding carboxylic acids is 1. The first-order valence-corrected chi connectivity index (χ1v) is 11.1. The van der Waals surface area contributed by atoms with Gasteiger partial charge in [0, 0.05) is 23.6 Å². The number of aromatic nitrogens is 3. The highest BCUT2D eigenvalue weighted by molar-refractivity contribution is 5.84. The number of hydrogen-bond donors (Lipinski definition) is 1. The Morgan fingerprint density at radius 3 is 2.70 bits per heavy atom. The van der Waals surface area contributed by atoms with Gasteiger partial charge in [0.15, 0.2) is 0 Å². The molecule has 0 atom stereocenters. The second-order valence-corrected chi connectivity index (χ2v) is 7.98. The van der Waals surface area contributed by atoms with Crippen molar-refractivity contribution >= 4 is 33.9 Å². The van der Waals surface area contributed by atoms with Crippen molar-refractivity contribution in [3.8, 4) is 0 Å². The molecule has 4 aromatic rings. The molecule has 0 spiro atoms. The Kier molecular flexibility index (Phi) is 6.58. The molecule has 0 fully saturated rings. The second kappa shape index (κ2) is 9.73. The topological polar surface area (TPSA) is 86.1 Å². The fourth-order valence-electron chi connectivity index (χ4n) is 4.02. The van der Waals surface area contributed by atoms with Crippen LogP contribution in [0.1, 0.15) is 37.3 Å². The van der Waals surface area contributed by atoms with Gasteiger partial charge in [-0.15, -0.1) is 0 Å². The predicted octanol–water partition coefficient (Wildman–Crippen LogP) is 4.07. The zero-order valence-corrected chi connectivity index (χ0v) is 18.8. The van der Waals surface area contributed by atoms with E-state index in [0.717, 1.165) is 39.4 Å². The van der Waals surface area contributed by atoms with Gasteiger partial charge in [-0.3, -0.25) is 18.7 Å². The Morgan fingerprint density at radius 1 is 1.09 bits per heavy atom. The standard InChI is InChI=1S/C26H27N3O4/c1-3-4-5-8-18-11-12-23-21(15-18)25(31)28(14-13-24(30)33-2)26(32)29(23)17-19-16-27-22-10-7-6-9-20(19)22/h5-12,15-16,27H,3-4,13-14,17H2,1-2H3. The minimum absolute atomic E-state index is 0.0376. The lowest BCUT2D eigenvalue weighted by Gasteiger charge is -2.14. The lowest BCUT2D eigenvalue weighted by atomic mass is 10.1. The van der Waals surface area contributed by atoms with Crippen LogP contribution >= 0.6 is 0 Å². The Balaban J connectivity index is 1.88. The fraction of sp³-hybridized carbons (Fsp3) is 0.269. The van der Waals surface area contributed by atoms with Crippen LogP contribution in [-0.2, 0) is 22.6 Å². The van der Waals surface area contributed by atoms with Gasteiger partial charge in [0.05, 0.1) is 31.0 Å². The molecule has 0 radical (unpaired) electrons. The van der Waals surface area contributed by atoms with Crippen LogP contribution in [-0.4, -0.2) is 27.2 Å². The van der Waals surface area contributed by atoms with E-state index in [1.54, 1.807) is 4.57 Å². The minimum Gasteiger partial charge on any atom is -0.469 e. The van der Waals surface area contributed by atoms with E-state index >= 15 is 0 Å². The molecule has 0 unspecified atom stereocenters. The molecule has 2 aromatic carbocycles. The van der Waals surface area contributed by atoms with Gasteiger partial charge < -0.3 is 9.72 Å². The number of benzene rings is 2. The van der Waals surface area contributed by atoms with Crippen molar-refractivity contribution in [2.24, 2.45) is 0 Å². The van der Waals surface area contributed by atoms with Gasteiger partial charge in [0.1, 0.15) is 0 Å². The van der Waals surface area contributed by atoms with Crippen molar-refractivity contribution < 1.29 is 9.53 Å². The van der Waals surface area contributed by atoms with Gasteiger partial charge >= 0.3 is 11.7 Å². The summed E-state index contributed by atoms with van der Waals surface area (Å²) >= 11 is 0. The lowest BCUT2D eigenvalue weighted by Crippen LogP contribution is -2.40.